The number of aliphatic carboxylic acids is 1. The minimum absolute atomic E-state index is 0.162. The lowest BCUT2D eigenvalue weighted by atomic mass is 10.1. The van der Waals surface area contributed by atoms with E-state index in [4.69, 9.17) is 5.11 Å². The number of amides is 1. The normalized spacial score (nSPS) is 12.3. The Morgan fingerprint density at radius 1 is 1.45 bits per heavy atom. The molecule has 0 aliphatic rings. The molecule has 0 aliphatic heterocycles. The predicted octanol–water partition coefficient (Wildman–Crippen LogP) is 1.05. The minimum Gasteiger partial charge on any atom is -0.480 e. The fourth-order valence-electron chi connectivity index (χ4n) is 1.95. The van der Waals surface area contributed by atoms with E-state index in [1.165, 1.54) is 21.8 Å². The lowest BCUT2D eigenvalue weighted by Crippen LogP contribution is -2.41. The first-order chi connectivity index (χ1) is 9.54. The van der Waals surface area contributed by atoms with Crippen LogP contribution in [0.4, 0.5) is 0 Å². The molecule has 2 aromatic heterocycles. The molecule has 0 radical (unpaired) electrons. The Morgan fingerprint density at radius 2 is 2.20 bits per heavy atom. The van der Waals surface area contributed by atoms with Crippen LogP contribution in [0.25, 0.3) is 5.52 Å². The van der Waals surface area contributed by atoms with Gasteiger partial charge in [0.2, 0.25) is 0 Å². The molecule has 0 bridgehead atoms. The van der Waals surface area contributed by atoms with Crippen molar-refractivity contribution in [1.29, 1.82) is 0 Å². The smallest absolute Gasteiger partial charge is 0.323 e. The summed E-state index contributed by atoms with van der Waals surface area (Å²) < 4.78 is 1.54. The zero-order valence-corrected chi connectivity index (χ0v) is 11.4. The lowest BCUT2D eigenvalue weighted by molar-refractivity contribution is -0.138. The molecule has 7 nitrogen and oxygen atoms in total. The van der Waals surface area contributed by atoms with Gasteiger partial charge in [-0.25, -0.2) is 4.52 Å². The van der Waals surface area contributed by atoms with Gasteiger partial charge in [0.05, 0.1) is 23.5 Å². The van der Waals surface area contributed by atoms with E-state index >= 15 is 0 Å². The number of nitrogens with zero attached hydrogens (tertiary/aromatic N) is 4. The zero-order valence-electron chi connectivity index (χ0n) is 11.4. The van der Waals surface area contributed by atoms with E-state index in [1.807, 2.05) is 13.8 Å². The second kappa shape index (κ2) is 5.68. The van der Waals surface area contributed by atoms with Crippen molar-refractivity contribution in [2.24, 2.45) is 0 Å². The van der Waals surface area contributed by atoms with Crippen molar-refractivity contribution in [3.63, 3.8) is 0 Å². The molecular formula is C13H16N4O3. The molecule has 0 spiro atoms. The Labute approximate surface area is 115 Å². The Balaban J connectivity index is 2.38. The topological polar surface area (TPSA) is 87.8 Å². The van der Waals surface area contributed by atoms with Gasteiger partial charge in [0.25, 0.3) is 5.91 Å². The summed E-state index contributed by atoms with van der Waals surface area (Å²) in [6, 6.07) is -0.162. The number of rotatable bonds is 5. The molecule has 1 unspecified atom stereocenters. The standard InChI is InChI=1S/C13H16N4O3/c1-3-9(2)16(8-12(18)19)13(20)10-6-15-17-5-4-14-7-11(10)17/h4-7,9H,3,8H2,1-2H3,(H,18,19). The van der Waals surface area contributed by atoms with Crippen LogP contribution in [-0.4, -0.2) is 49.1 Å². The molecular weight excluding hydrogens is 260 g/mol. The molecule has 7 heteroatoms. The first-order valence-electron chi connectivity index (χ1n) is 6.34. The fraction of sp³-hybridized carbons (Fsp3) is 0.385. The van der Waals surface area contributed by atoms with Crippen LogP contribution in [0.2, 0.25) is 0 Å². The highest BCUT2D eigenvalue weighted by Gasteiger charge is 2.25. The minimum atomic E-state index is -1.03. The third-order valence-electron chi connectivity index (χ3n) is 3.24. The monoisotopic (exact) mass is 276 g/mol. The van der Waals surface area contributed by atoms with Crippen molar-refractivity contribution in [1.82, 2.24) is 19.5 Å². The lowest BCUT2D eigenvalue weighted by Gasteiger charge is -2.26. The van der Waals surface area contributed by atoms with Crippen LogP contribution in [-0.2, 0) is 4.79 Å². The predicted molar refractivity (Wildman–Crippen MR) is 71.4 cm³/mol. The summed E-state index contributed by atoms with van der Waals surface area (Å²) in [5.41, 5.74) is 0.927. The highest BCUT2D eigenvalue weighted by atomic mass is 16.4. The molecule has 1 N–H and O–H groups in total. The summed E-state index contributed by atoms with van der Waals surface area (Å²) in [4.78, 5) is 28.8. The first-order valence-corrected chi connectivity index (χ1v) is 6.34. The van der Waals surface area contributed by atoms with Gasteiger partial charge in [-0.1, -0.05) is 6.92 Å². The number of fused-ring (bicyclic) bond motifs is 1. The number of carbonyl (C=O) groups is 2. The summed E-state index contributed by atoms with van der Waals surface area (Å²) in [5, 5.41) is 13.0. The molecule has 0 fully saturated rings. The molecule has 1 amide bonds. The molecule has 2 rings (SSSR count). The van der Waals surface area contributed by atoms with E-state index in [0.29, 0.717) is 17.5 Å². The van der Waals surface area contributed by atoms with Crippen LogP contribution in [0.3, 0.4) is 0 Å². The molecule has 0 saturated heterocycles. The summed E-state index contributed by atoms with van der Waals surface area (Å²) in [6.07, 6.45) is 6.86. The quantitative estimate of drug-likeness (QED) is 0.882. The first kappa shape index (κ1) is 14.0. The van der Waals surface area contributed by atoms with Crippen LogP contribution >= 0.6 is 0 Å². The van der Waals surface area contributed by atoms with Crippen molar-refractivity contribution >= 4 is 17.4 Å². The molecule has 0 saturated carbocycles. The SMILES string of the molecule is CCC(C)N(CC(=O)O)C(=O)c1cnn2ccncc12. The number of hydrogen-bond donors (Lipinski definition) is 1. The highest BCUT2D eigenvalue weighted by molar-refractivity contribution is 6.01. The molecule has 106 valence electrons. The van der Waals surface area contributed by atoms with Crippen LogP contribution in [0.1, 0.15) is 30.6 Å². The second-order valence-corrected chi connectivity index (χ2v) is 4.55. The zero-order chi connectivity index (χ0) is 14.7. The molecule has 0 aliphatic carbocycles. The third-order valence-corrected chi connectivity index (χ3v) is 3.24. The van der Waals surface area contributed by atoms with Gasteiger partial charge in [-0.2, -0.15) is 5.10 Å². The number of aromatic nitrogens is 3. The summed E-state index contributed by atoms with van der Waals surface area (Å²) >= 11 is 0. The summed E-state index contributed by atoms with van der Waals surface area (Å²) in [6.45, 7) is 3.40. The van der Waals surface area contributed by atoms with Gasteiger partial charge >= 0.3 is 5.97 Å². The molecule has 2 heterocycles. The molecule has 20 heavy (non-hydrogen) atoms. The van der Waals surface area contributed by atoms with Crippen molar-refractivity contribution in [3.05, 3.63) is 30.4 Å². The van der Waals surface area contributed by atoms with Gasteiger partial charge < -0.3 is 10.0 Å². The van der Waals surface area contributed by atoms with Gasteiger partial charge in [-0.15, -0.1) is 0 Å². The maximum absolute atomic E-state index is 12.5. The Bertz CT molecular complexity index is 637. The molecule has 1 atom stereocenters. The van der Waals surface area contributed by atoms with E-state index in [2.05, 4.69) is 10.1 Å². The van der Waals surface area contributed by atoms with Crippen molar-refractivity contribution in [2.45, 2.75) is 26.3 Å². The Hall–Kier alpha value is -2.44. The van der Waals surface area contributed by atoms with Crippen molar-refractivity contribution < 1.29 is 14.7 Å². The summed E-state index contributed by atoms with van der Waals surface area (Å²) in [7, 11) is 0. The number of carbonyl (C=O) groups excluding carboxylic acids is 1. The Morgan fingerprint density at radius 3 is 2.85 bits per heavy atom. The average molecular weight is 276 g/mol. The number of carboxylic acid groups (broad SMARTS) is 1. The van der Waals surface area contributed by atoms with Crippen molar-refractivity contribution in [3.8, 4) is 0 Å². The van der Waals surface area contributed by atoms with Crippen LogP contribution in [0.15, 0.2) is 24.8 Å². The van der Waals surface area contributed by atoms with Gasteiger partial charge in [0.1, 0.15) is 6.54 Å². The molecule has 2 aromatic rings. The van der Waals surface area contributed by atoms with Gasteiger partial charge in [0.15, 0.2) is 0 Å². The van der Waals surface area contributed by atoms with Crippen LogP contribution in [0.5, 0.6) is 0 Å². The van der Waals surface area contributed by atoms with E-state index in [-0.39, 0.29) is 18.5 Å². The largest absolute Gasteiger partial charge is 0.480 e. The Kier molecular flexibility index (Phi) is 3.97. The second-order valence-electron chi connectivity index (χ2n) is 4.55. The highest BCUT2D eigenvalue weighted by Crippen LogP contribution is 2.15. The fourth-order valence-corrected chi connectivity index (χ4v) is 1.95. The van der Waals surface area contributed by atoms with E-state index < -0.39 is 5.97 Å². The van der Waals surface area contributed by atoms with Crippen molar-refractivity contribution in [2.75, 3.05) is 6.54 Å². The van der Waals surface area contributed by atoms with E-state index in [0.717, 1.165) is 0 Å². The van der Waals surface area contributed by atoms with Gasteiger partial charge in [0, 0.05) is 18.4 Å². The number of hydrogen-bond acceptors (Lipinski definition) is 4. The third kappa shape index (κ3) is 2.61. The van der Waals surface area contributed by atoms with Crippen LogP contribution < -0.4 is 0 Å². The summed E-state index contributed by atoms with van der Waals surface area (Å²) in [5.74, 6) is -1.38. The van der Waals surface area contributed by atoms with E-state index in [9.17, 15) is 9.59 Å². The molecule has 0 aromatic carbocycles. The van der Waals surface area contributed by atoms with Gasteiger partial charge in [-0.05, 0) is 13.3 Å². The number of carboxylic acids is 1. The van der Waals surface area contributed by atoms with E-state index in [1.54, 1.807) is 12.4 Å². The maximum Gasteiger partial charge on any atom is 0.323 e. The van der Waals surface area contributed by atoms with Crippen LogP contribution in [0, 0.1) is 0 Å². The van der Waals surface area contributed by atoms with Gasteiger partial charge in [-0.3, -0.25) is 14.6 Å². The maximum atomic E-state index is 12.5. The average Bonchev–Trinajstić information content (AvgIpc) is 2.87.